The molecule has 0 amide bonds. The quantitative estimate of drug-likeness (QED) is 0.760. The van der Waals surface area contributed by atoms with Crippen LogP contribution in [0.25, 0.3) is 0 Å². The Morgan fingerprint density at radius 2 is 2.00 bits per heavy atom. The number of phenolic OH excluding ortho intramolecular Hbond substituents is 1. The molecule has 1 atom stereocenters. The van der Waals surface area contributed by atoms with E-state index in [4.69, 9.17) is 9.84 Å². The molecule has 0 saturated heterocycles. The van der Waals surface area contributed by atoms with Crippen LogP contribution in [0.2, 0.25) is 0 Å². The van der Waals surface area contributed by atoms with Crippen LogP contribution in [-0.4, -0.2) is 16.8 Å². The maximum Gasteiger partial charge on any atom is 0.144 e. The van der Waals surface area contributed by atoms with Gasteiger partial charge in [-0.2, -0.15) is 0 Å². The summed E-state index contributed by atoms with van der Waals surface area (Å²) in [5.74, 6) is 1.09. The van der Waals surface area contributed by atoms with Gasteiger partial charge in [-0.3, -0.25) is 0 Å². The van der Waals surface area contributed by atoms with Crippen molar-refractivity contribution < 1.29 is 9.84 Å². The largest absolute Gasteiger partial charge is 0.508 e. The predicted molar refractivity (Wildman–Crippen MR) is 60.9 cm³/mol. The third-order valence-electron chi connectivity index (χ3n) is 1.89. The number of rotatable bonds is 5. The lowest BCUT2D eigenvalue weighted by atomic mass is 10.3. The summed E-state index contributed by atoms with van der Waals surface area (Å²) >= 11 is 1.71. The maximum atomic E-state index is 9.09. The van der Waals surface area contributed by atoms with Crippen LogP contribution in [0.15, 0.2) is 24.3 Å². The molecule has 0 aliphatic rings. The highest BCUT2D eigenvalue weighted by Gasteiger charge is 2.06. The van der Waals surface area contributed by atoms with Gasteiger partial charge in [0.15, 0.2) is 0 Å². The molecule has 78 valence electrons. The van der Waals surface area contributed by atoms with Crippen molar-refractivity contribution in [3.05, 3.63) is 24.3 Å². The molecule has 0 unspecified atom stereocenters. The summed E-state index contributed by atoms with van der Waals surface area (Å²) in [4.78, 5) is 0. The molecule has 0 aliphatic carbocycles. The number of ether oxygens (including phenoxy) is 1. The number of thioether (sulfide) groups is 1. The number of aromatic hydroxyl groups is 1. The first kappa shape index (κ1) is 11.2. The van der Waals surface area contributed by atoms with Gasteiger partial charge in [-0.1, -0.05) is 13.3 Å². The summed E-state index contributed by atoms with van der Waals surface area (Å²) in [6, 6.07) is 6.85. The highest BCUT2D eigenvalue weighted by molar-refractivity contribution is 7.99. The van der Waals surface area contributed by atoms with Crippen LogP contribution in [0.1, 0.15) is 19.8 Å². The molecular formula is C11H16O2S. The van der Waals surface area contributed by atoms with Crippen molar-refractivity contribution in [2.45, 2.75) is 25.2 Å². The van der Waals surface area contributed by atoms with Crippen molar-refractivity contribution in [2.24, 2.45) is 0 Å². The second-order valence-electron chi connectivity index (χ2n) is 3.07. The molecule has 0 spiro atoms. The average Bonchev–Trinajstić information content (AvgIpc) is 2.20. The smallest absolute Gasteiger partial charge is 0.144 e. The average molecular weight is 212 g/mol. The Hall–Kier alpha value is -0.830. The van der Waals surface area contributed by atoms with Crippen LogP contribution in [0, 0.1) is 0 Å². The van der Waals surface area contributed by atoms with Gasteiger partial charge in [-0.25, -0.2) is 0 Å². The van der Waals surface area contributed by atoms with Crippen LogP contribution >= 0.6 is 11.8 Å². The van der Waals surface area contributed by atoms with Crippen LogP contribution in [-0.2, 0) is 0 Å². The molecule has 0 saturated carbocycles. The second-order valence-corrected chi connectivity index (χ2v) is 4.06. The minimum atomic E-state index is 0.213. The fourth-order valence-electron chi connectivity index (χ4n) is 1.14. The van der Waals surface area contributed by atoms with E-state index in [0.717, 1.165) is 18.6 Å². The van der Waals surface area contributed by atoms with Gasteiger partial charge in [-0.05, 0) is 36.9 Å². The van der Waals surface area contributed by atoms with Gasteiger partial charge in [0.2, 0.25) is 0 Å². The fraction of sp³-hybridized carbons (Fsp3) is 0.455. The van der Waals surface area contributed by atoms with E-state index in [1.54, 1.807) is 36.0 Å². The SMILES string of the molecule is CCC[C@@H](Oc1ccc(O)cc1)SC. The van der Waals surface area contributed by atoms with Crippen LogP contribution < -0.4 is 4.74 Å². The van der Waals surface area contributed by atoms with Gasteiger partial charge in [-0.15, -0.1) is 11.8 Å². The molecule has 14 heavy (non-hydrogen) atoms. The van der Waals surface area contributed by atoms with Crippen LogP contribution in [0.3, 0.4) is 0 Å². The van der Waals surface area contributed by atoms with Crippen LogP contribution in [0.4, 0.5) is 0 Å². The topological polar surface area (TPSA) is 29.5 Å². The van der Waals surface area contributed by atoms with E-state index in [-0.39, 0.29) is 11.2 Å². The van der Waals surface area contributed by atoms with E-state index >= 15 is 0 Å². The van der Waals surface area contributed by atoms with E-state index in [9.17, 15) is 0 Å². The molecule has 0 fully saturated rings. The molecule has 0 bridgehead atoms. The number of phenols is 1. The van der Waals surface area contributed by atoms with Gasteiger partial charge < -0.3 is 9.84 Å². The van der Waals surface area contributed by atoms with Crippen molar-refractivity contribution in [1.29, 1.82) is 0 Å². The summed E-state index contributed by atoms with van der Waals surface area (Å²) in [6.07, 6.45) is 4.20. The minimum Gasteiger partial charge on any atom is -0.508 e. The lowest BCUT2D eigenvalue weighted by Crippen LogP contribution is -2.10. The maximum absolute atomic E-state index is 9.09. The molecule has 0 aromatic heterocycles. The first-order valence-electron chi connectivity index (χ1n) is 4.74. The minimum absolute atomic E-state index is 0.213. The van der Waals surface area contributed by atoms with E-state index in [1.807, 2.05) is 6.26 Å². The summed E-state index contributed by atoms with van der Waals surface area (Å²) in [5.41, 5.74) is 0.213. The van der Waals surface area contributed by atoms with Crippen molar-refractivity contribution in [1.82, 2.24) is 0 Å². The zero-order chi connectivity index (χ0) is 10.4. The molecule has 1 N–H and O–H groups in total. The van der Waals surface area contributed by atoms with Crippen molar-refractivity contribution in [3.8, 4) is 11.5 Å². The van der Waals surface area contributed by atoms with E-state index in [0.29, 0.717) is 0 Å². The highest BCUT2D eigenvalue weighted by atomic mass is 32.2. The van der Waals surface area contributed by atoms with E-state index < -0.39 is 0 Å². The van der Waals surface area contributed by atoms with Gasteiger partial charge in [0.1, 0.15) is 16.9 Å². The Balaban J connectivity index is 2.53. The first-order chi connectivity index (χ1) is 6.76. The van der Waals surface area contributed by atoms with Crippen LogP contribution in [0.5, 0.6) is 11.5 Å². The lowest BCUT2D eigenvalue weighted by Gasteiger charge is -2.15. The molecule has 1 aromatic carbocycles. The van der Waals surface area contributed by atoms with Gasteiger partial charge in [0.25, 0.3) is 0 Å². The zero-order valence-electron chi connectivity index (χ0n) is 8.56. The third-order valence-corrected chi connectivity index (χ3v) is 2.75. The number of hydrogen-bond donors (Lipinski definition) is 1. The van der Waals surface area contributed by atoms with E-state index in [1.165, 1.54) is 0 Å². The van der Waals surface area contributed by atoms with E-state index in [2.05, 4.69) is 6.92 Å². The molecule has 1 rings (SSSR count). The van der Waals surface area contributed by atoms with Gasteiger partial charge in [0.05, 0.1) is 0 Å². The molecule has 0 heterocycles. The molecule has 1 aromatic rings. The molecule has 3 heteroatoms. The second kappa shape index (κ2) is 5.81. The Bertz CT molecular complexity index is 258. The van der Waals surface area contributed by atoms with Crippen molar-refractivity contribution in [3.63, 3.8) is 0 Å². The monoisotopic (exact) mass is 212 g/mol. The van der Waals surface area contributed by atoms with Crippen molar-refractivity contribution >= 4 is 11.8 Å². The highest BCUT2D eigenvalue weighted by Crippen LogP contribution is 2.22. The molecule has 2 nitrogen and oxygen atoms in total. The molecule has 0 radical (unpaired) electrons. The van der Waals surface area contributed by atoms with Crippen molar-refractivity contribution in [2.75, 3.05) is 6.26 Å². The Labute approximate surface area is 89.3 Å². The number of hydrogen-bond acceptors (Lipinski definition) is 3. The number of benzene rings is 1. The molecule has 0 aliphatic heterocycles. The lowest BCUT2D eigenvalue weighted by molar-refractivity contribution is 0.276. The first-order valence-corrected chi connectivity index (χ1v) is 6.03. The van der Waals surface area contributed by atoms with Gasteiger partial charge in [0, 0.05) is 0 Å². The Morgan fingerprint density at radius 1 is 1.36 bits per heavy atom. The predicted octanol–water partition coefficient (Wildman–Crippen LogP) is 3.26. The fourth-order valence-corrected chi connectivity index (χ4v) is 1.82. The summed E-state index contributed by atoms with van der Waals surface area (Å²) in [7, 11) is 0. The summed E-state index contributed by atoms with van der Waals surface area (Å²) < 4.78 is 5.71. The Kier molecular flexibility index (Phi) is 4.66. The molecular weight excluding hydrogens is 196 g/mol. The summed E-state index contributed by atoms with van der Waals surface area (Å²) in [5, 5.41) is 9.09. The van der Waals surface area contributed by atoms with Gasteiger partial charge >= 0.3 is 0 Å². The standard InChI is InChI=1S/C11H16O2S/c1-3-4-11(14-2)13-10-7-5-9(12)6-8-10/h5-8,11-12H,3-4H2,1-2H3/t11-/m0/s1. The third kappa shape index (κ3) is 3.50. The normalized spacial score (nSPS) is 12.4. The Morgan fingerprint density at radius 3 is 2.50 bits per heavy atom. The zero-order valence-corrected chi connectivity index (χ0v) is 9.38. The summed E-state index contributed by atoms with van der Waals surface area (Å²) in [6.45, 7) is 2.14.